The van der Waals surface area contributed by atoms with Gasteiger partial charge in [0.2, 0.25) is 5.91 Å². The Morgan fingerprint density at radius 3 is 2.86 bits per heavy atom. The van der Waals surface area contributed by atoms with Crippen molar-refractivity contribution in [3.05, 3.63) is 23.7 Å². The molecule has 1 spiro atoms. The van der Waals surface area contributed by atoms with Crippen LogP contribution in [-0.2, 0) is 9.59 Å². The van der Waals surface area contributed by atoms with E-state index in [4.69, 9.17) is 0 Å². The molecule has 1 N–H and O–H groups in total. The van der Waals surface area contributed by atoms with Crippen LogP contribution in [0.25, 0.3) is 10.2 Å². The van der Waals surface area contributed by atoms with Gasteiger partial charge in [0, 0.05) is 5.69 Å². The Balaban J connectivity index is 1.75. The molecule has 2 aromatic rings. The van der Waals surface area contributed by atoms with Crippen LogP contribution >= 0.6 is 11.3 Å². The molecule has 0 radical (unpaired) electrons. The smallest absolute Gasteiger partial charge is 0.253 e. The van der Waals surface area contributed by atoms with E-state index < -0.39 is 5.54 Å². The van der Waals surface area contributed by atoms with Crippen molar-refractivity contribution in [3.63, 3.8) is 0 Å². The second-order valence-electron chi connectivity index (χ2n) is 5.73. The van der Waals surface area contributed by atoms with E-state index in [0.29, 0.717) is 0 Å². The fraction of sp³-hybridized carbons (Fsp3) is 0.400. The van der Waals surface area contributed by atoms with Crippen molar-refractivity contribution in [1.82, 2.24) is 10.3 Å². The number of amides is 2. The van der Waals surface area contributed by atoms with E-state index in [9.17, 15) is 9.59 Å². The largest absolute Gasteiger partial charge is 0.340 e. The molecule has 2 fully saturated rings. The number of aromatic nitrogens is 1. The highest BCUT2D eigenvalue weighted by Gasteiger charge is 2.48. The molecule has 5 nitrogen and oxygen atoms in total. The van der Waals surface area contributed by atoms with Crippen LogP contribution in [0.4, 0.5) is 5.69 Å². The highest BCUT2D eigenvalue weighted by molar-refractivity contribution is 7.16. The summed E-state index contributed by atoms with van der Waals surface area (Å²) in [5, 5.41) is 2.93. The average Bonchev–Trinajstić information content (AvgIpc) is 3.11. The van der Waals surface area contributed by atoms with Gasteiger partial charge in [-0.2, -0.15) is 0 Å². The number of hydrogen-bond donors (Lipinski definition) is 1. The summed E-state index contributed by atoms with van der Waals surface area (Å²) in [6.07, 6.45) is 3.48. The predicted molar refractivity (Wildman–Crippen MR) is 81.3 cm³/mol. The van der Waals surface area contributed by atoms with Gasteiger partial charge in [0.25, 0.3) is 5.91 Å². The van der Waals surface area contributed by atoms with E-state index in [2.05, 4.69) is 10.3 Å². The fourth-order valence-corrected chi connectivity index (χ4v) is 4.08. The van der Waals surface area contributed by atoms with Crippen molar-refractivity contribution in [3.8, 4) is 0 Å². The summed E-state index contributed by atoms with van der Waals surface area (Å²) in [5.74, 6) is -0.0376. The van der Waals surface area contributed by atoms with Crippen LogP contribution in [0, 0.1) is 0 Å². The molecule has 1 aliphatic carbocycles. The number of nitrogens with one attached hydrogen (secondary N) is 1. The maximum Gasteiger partial charge on any atom is 0.253 e. The number of hydrogen-bond acceptors (Lipinski definition) is 4. The molecular weight excluding hydrogens is 286 g/mol. The molecule has 2 amide bonds. The first-order valence-corrected chi connectivity index (χ1v) is 8.02. The topological polar surface area (TPSA) is 62.3 Å². The van der Waals surface area contributed by atoms with Crippen LogP contribution in [0.15, 0.2) is 23.7 Å². The Hall–Kier alpha value is -1.95. The number of fused-ring (bicyclic) bond motifs is 1. The lowest BCUT2D eigenvalue weighted by molar-refractivity contribution is -0.135. The van der Waals surface area contributed by atoms with Crippen molar-refractivity contribution in [2.75, 3.05) is 11.4 Å². The first-order chi connectivity index (χ1) is 10.2. The van der Waals surface area contributed by atoms with Gasteiger partial charge in [-0.25, -0.2) is 4.98 Å². The van der Waals surface area contributed by atoms with Crippen LogP contribution < -0.4 is 10.2 Å². The standard InChI is InChI=1S/C15H15N3O2S/c19-13-8-18(14(20)15(17-13)5-1-2-6-15)10-3-4-11-12(7-10)21-9-16-11/h3-4,7,9H,1-2,5-6,8H2,(H,17,19). The highest BCUT2D eigenvalue weighted by atomic mass is 32.1. The van der Waals surface area contributed by atoms with Gasteiger partial charge in [0.15, 0.2) is 0 Å². The van der Waals surface area contributed by atoms with Crippen molar-refractivity contribution in [2.45, 2.75) is 31.2 Å². The third-order valence-electron chi connectivity index (χ3n) is 4.42. The zero-order valence-electron chi connectivity index (χ0n) is 11.5. The quantitative estimate of drug-likeness (QED) is 0.877. The third-order valence-corrected chi connectivity index (χ3v) is 5.21. The minimum atomic E-state index is -0.669. The van der Waals surface area contributed by atoms with Gasteiger partial charge in [-0.3, -0.25) is 9.59 Å². The Labute approximate surface area is 126 Å². The van der Waals surface area contributed by atoms with E-state index >= 15 is 0 Å². The lowest BCUT2D eigenvalue weighted by Gasteiger charge is -2.39. The molecular formula is C15H15N3O2S. The molecule has 2 heterocycles. The normalized spacial score (nSPS) is 21.2. The zero-order chi connectivity index (χ0) is 14.4. The summed E-state index contributed by atoms with van der Waals surface area (Å²) >= 11 is 1.54. The number of carbonyl (C=O) groups is 2. The van der Waals surface area contributed by atoms with E-state index in [1.807, 2.05) is 18.2 Å². The van der Waals surface area contributed by atoms with Crippen LogP contribution in [-0.4, -0.2) is 28.9 Å². The van der Waals surface area contributed by atoms with E-state index in [1.54, 1.807) is 21.7 Å². The Morgan fingerprint density at radius 1 is 1.24 bits per heavy atom. The number of nitrogens with zero attached hydrogens (tertiary/aromatic N) is 2. The third kappa shape index (κ3) is 1.93. The average molecular weight is 301 g/mol. The van der Waals surface area contributed by atoms with Gasteiger partial charge < -0.3 is 10.2 Å². The number of thiazole rings is 1. The first-order valence-electron chi connectivity index (χ1n) is 7.14. The second kappa shape index (κ2) is 4.53. The molecule has 2 aliphatic rings. The van der Waals surface area contributed by atoms with E-state index in [0.717, 1.165) is 41.6 Å². The van der Waals surface area contributed by atoms with Crippen LogP contribution in [0.1, 0.15) is 25.7 Å². The summed E-state index contributed by atoms with van der Waals surface area (Å²) < 4.78 is 1.03. The maximum atomic E-state index is 12.9. The van der Waals surface area contributed by atoms with Gasteiger partial charge in [0.05, 0.1) is 15.7 Å². The van der Waals surface area contributed by atoms with Crippen LogP contribution in [0.2, 0.25) is 0 Å². The summed E-state index contributed by atoms with van der Waals surface area (Å²) in [4.78, 5) is 30.8. The van der Waals surface area contributed by atoms with Gasteiger partial charge in [-0.05, 0) is 31.0 Å². The lowest BCUT2D eigenvalue weighted by atomic mass is 9.92. The summed E-state index contributed by atoms with van der Waals surface area (Å²) in [7, 11) is 0. The van der Waals surface area contributed by atoms with Crippen molar-refractivity contribution in [1.29, 1.82) is 0 Å². The van der Waals surface area contributed by atoms with Crippen molar-refractivity contribution < 1.29 is 9.59 Å². The number of rotatable bonds is 1. The lowest BCUT2D eigenvalue weighted by Crippen LogP contribution is -2.65. The molecule has 108 valence electrons. The number of piperazine rings is 1. The SMILES string of the molecule is O=C1CN(c2ccc3ncsc3c2)C(=O)C2(CCCC2)N1. The number of carbonyl (C=O) groups excluding carboxylic acids is 2. The first kappa shape index (κ1) is 12.8. The van der Waals surface area contributed by atoms with E-state index in [-0.39, 0.29) is 18.4 Å². The van der Waals surface area contributed by atoms with Gasteiger partial charge in [-0.15, -0.1) is 11.3 Å². The molecule has 0 atom stereocenters. The molecule has 4 rings (SSSR count). The predicted octanol–water partition coefficient (Wildman–Crippen LogP) is 2.07. The Morgan fingerprint density at radius 2 is 2.05 bits per heavy atom. The minimum Gasteiger partial charge on any atom is -0.340 e. The molecule has 1 saturated carbocycles. The zero-order valence-corrected chi connectivity index (χ0v) is 12.3. The van der Waals surface area contributed by atoms with Crippen molar-refractivity contribution >= 4 is 39.1 Å². The molecule has 6 heteroatoms. The molecule has 0 unspecified atom stereocenters. The molecule has 0 bridgehead atoms. The van der Waals surface area contributed by atoms with Gasteiger partial charge in [-0.1, -0.05) is 12.8 Å². The minimum absolute atomic E-state index is 0.0310. The van der Waals surface area contributed by atoms with Crippen LogP contribution in [0.5, 0.6) is 0 Å². The van der Waals surface area contributed by atoms with Gasteiger partial charge in [0.1, 0.15) is 12.1 Å². The molecule has 1 saturated heterocycles. The van der Waals surface area contributed by atoms with Gasteiger partial charge >= 0.3 is 0 Å². The second-order valence-corrected chi connectivity index (χ2v) is 6.62. The Bertz CT molecular complexity index is 733. The maximum absolute atomic E-state index is 12.9. The summed E-state index contributed by atoms with van der Waals surface area (Å²) in [6.45, 7) is 0.102. The van der Waals surface area contributed by atoms with Crippen LogP contribution in [0.3, 0.4) is 0 Å². The fourth-order valence-electron chi connectivity index (χ4n) is 3.37. The molecule has 21 heavy (non-hydrogen) atoms. The number of benzene rings is 1. The highest BCUT2D eigenvalue weighted by Crippen LogP contribution is 2.35. The molecule has 1 aromatic carbocycles. The number of anilines is 1. The van der Waals surface area contributed by atoms with Crippen molar-refractivity contribution in [2.24, 2.45) is 0 Å². The molecule has 1 aromatic heterocycles. The monoisotopic (exact) mass is 301 g/mol. The Kier molecular flexibility index (Phi) is 2.75. The summed E-state index contributed by atoms with van der Waals surface area (Å²) in [6, 6.07) is 5.73. The van der Waals surface area contributed by atoms with E-state index in [1.165, 1.54) is 0 Å². The summed E-state index contributed by atoms with van der Waals surface area (Å²) in [5.41, 5.74) is 2.83. The molecule has 1 aliphatic heterocycles.